The monoisotopic (exact) mass is 851 g/mol. The van der Waals surface area contributed by atoms with E-state index in [-0.39, 0.29) is 48.6 Å². The van der Waals surface area contributed by atoms with Crippen LogP contribution in [0.4, 0.5) is 0 Å². The van der Waals surface area contributed by atoms with Crippen LogP contribution in [-0.2, 0) is 41.6 Å². The van der Waals surface area contributed by atoms with Crippen LogP contribution < -0.4 is 31.9 Å². The van der Waals surface area contributed by atoms with Crippen molar-refractivity contribution in [2.24, 2.45) is 0 Å². The van der Waals surface area contributed by atoms with Gasteiger partial charge in [-0.25, -0.2) is 0 Å². The topological polar surface area (TPSA) is 181 Å². The Morgan fingerprint density at radius 3 is 1.37 bits per heavy atom. The normalized spacial score (nSPS) is 22.4. The van der Waals surface area contributed by atoms with Crippen molar-refractivity contribution in [3.63, 3.8) is 0 Å². The third kappa shape index (κ3) is 11.0. The van der Waals surface area contributed by atoms with Gasteiger partial charge in [0.1, 0.15) is 24.2 Å². The van der Waals surface area contributed by atoms with E-state index in [4.69, 9.17) is 0 Å². The van der Waals surface area contributed by atoms with E-state index in [0.717, 1.165) is 49.7 Å². The molecule has 0 saturated carbocycles. The maximum Gasteiger partial charge on any atom is 0.246 e. The number of hydrogen-bond donors (Lipinski definition) is 6. The molecule has 6 N–H and O–H groups in total. The Morgan fingerprint density at radius 1 is 0.581 bits per heavy atom. The molecule has 14 nitrogen and oxygen atoms in total. The number of carbonyl (C=O) groups excluding carboxylic acids is 6. The lowest BCUT2D eigenvalue weighted by molar-refractivity contribution is -0.141. The molecule has 0 radical (unpaired) electrons. The molecule has 0 bridgehead atoms. The van der Waals surface area contributed by atoms with Crippen molar-refractivity contribution in [2.75, 3.05) is 27.2 Å². The molecule has 334 valence electrons. The molecule has 4 aliphatic rings. The fourth-order valence-electron chi connectivity index (χ4n) is 9.68. The summed E-state index contributed by atoms with van der Waals surface area (Å²) < 4.78 is 0. The van der Waals surface area contributed by atoms with Gasteiger partial charge < -0.3 is 41.7 Å². The Balaban J connectivity index is 1.17. The molecule has 14 heteroatoms. The van der Waals surface area contributed by atoms with E-state index >= 15 is 0 Å². The highest BCUT2D eigenvalue weighted by atomic mass is 16.2. The number of aryl methyl sites for hydroxylation is 2. The molecule has 2 fully saturated rings. The second kappa shape index (κ2) is 22.2. The maximum atomic E-state index is 14.4. The third-order valence-corrected chi connectivity index (χ3v) is 13.2. The third-order valence-electron chi connectivity index (χ3n) is 13.2. The number of nitrogens with one attached hydrogen (secondary N) is 6. The van der Waals surface area contributed by atoms with Gasteiger partial charge in [-0.05, 0) is 113 Å². The van der Waals surface area contributed by atoms with E-state index in [2.05, 4.69) is 68.0 Å². The number of amides is 6. The Hall–Kier alpha value is -5.26. The summed E-state index contributed by atoms with van der Waals surface area (Å²) in [6.07, 6.45) is 8.61. The maximum absolute atomic E-state index is 14.4. The van der Waals surface area contributed by atoms with Crippen LogP contribution in [-0.4, -0.2) is 109 Å². The number of likely N-dealkylation sites (tertiary alicyclic amines) is 2. The first-order chi connectivity index (χ1) is 30.1. The minimum absolute atomic E-state index is 0.0773. The molecule has 2 aliphatic heterocycles. The lowest BCUT2D eigenvalue weighted by Crippen LogP contribution is -2.56. The molecule has 62 heavy (non-hydrogen) atoms. The van der Waals surface area contributed by atoms with Crippen molar-refractivity contribution in [3.8, 4) is 11.8 Å². The van der Waals surface area contributed by atoms with Gasteiger partial charge in [-0.3, -0.25) is 28.8 Å². The molecule has 2 aromatic rings. The van der Waals surface area contributed by atoms with E-state index in [1.165, 1.54) is 11.1 Å². The summed E-state index contributed by atoms with van der Waals surface area (Å²) in [7, 11) is 3.36. The van der Waals surface area contributed by atoms with Gasteiger partial charge in [0, 0.05) is 25.9 Å². The van der Waals surface area contributed by atoms with Gasteiger partial charge in [0.25, 0.3) is 0 Å². The average Bonchev–Trinajstić information content (AvgIpc) is 3.99. The lowest BCUT2D eigenvalue weighted by atomic mass is 9.87. The molecule has 8 unspecified atom stereocenters. The zero-order valence-electron chi connectivity index (χ0n) is 36.9. The van der Waals surface area contributed by atoms with Crippen LogP contribution in [0.5, 0.6) is 0 Å². The first-order valence-electron chi connectivity index (χ1n) is 22.9. The van der Waals surface area contributed by atoms with Crippen molar-refractivity contribution >= 4 is 35.4 Å². The zero-order valence-corrected chi connectivity index (χ0v) is 36.9. The molecule has 8 atom stereocenters. The highest BCUT2D eigenvalue weighted by Gasteiger charge is 2.41. The van der Waals surface area contributed by atoms with E-state index < -0.39 is 48.1 Å². The van der Waals surface area contributed by atoms with Gasteiger partial charge in [-0.1, -0.05) is 62.4 Å². The SMILES string of the molecule is CCC(NC)C(=O)NC(CC#CCC(NC(=O)C(CC)NC)C(=O)N1CCCC1C(=O)NC1CCCc2ccccc21)C(=O)N1CCCC1C(=O)NC1CCCc2ccccc21. The zero-order chi connectivity index (χ0) is 44.2. The van der Waals surface area contributed by atoms with E-state index in [0.29, 0.717) is 51.6 Å². The number of likely N-dealkylation sites (N-methyl/N-ethyl adjacent to an activating group) is 2. The van der Waals surface area contributed by atoms with Gasteiger partial charge in [0.05, 0.1) is 24.2 Å². The minimum Gasteiger partial charge on any atom is -0.347 e. The van der Waals surface area contributed by atoms with E-state index in [9.17, 15) is 28.8 Å². The van der Waals surface area contributed by atoms with E-state index in [1.54, 1.807) is 23.9 Å². The molecule has 2 saturated heterocycles. The average molecular weight is 851 g/mol. The van der Waals surface area contributed by atoms with Crippen molar-refractivity contribution in [3.05, 3.63) is 70.8 Å². The van der Waals surface area contributed by atoms with Gasteiger partial charge >= 0.3 is 0 Å². The quantitative estimate of drug-likeness (QED) is 0.140. The van der Waals surface area contributed by atoms with Crippen LogP contribution in [0.1, 0.15) is 125 Å². The Bertz CT molecular complexity index is 1850. The highest BCUT2D eigenvalue weighted by Crippen LogP contribution is 2.32. The standard InChI is InChI=1S/C48H66N8O6/c1-5-35(49-3)43(57)53-39(47(61)55-29-15-27-41(55)45(59)51-37-25-13-19-31-17-7-9-21-33(31)37)23-11-12-24-40(54-44(58)36(6-2)50-4)48(62)56-30-16-28-42(56)46(60)52-38-26-14-20-32-18-8-10-22-34(32)38/h7-10,17-18,21-22,35-42,49-50H,5-6,13-16,19-20,23-30H2,1-4H3,(H,51,59)(H,52,60)(H,53,57)(H,54,58). The molecule has 2 aromatic carbocycles. The summed E-state index contributed by atoms with van der Waals surface area (Å²) in [5, 5.41) is 18.2. The molecule has 2 heterocycles. The van der Waals surface area contributed by atoms with Crippen molar-refractivity contribution < 1.29 is 28.8 Å². The van der Waals surface area contributed by atoms with Gasteiger partial charge in [0.15, 0.2) is 0 Å². The van der Waals surface area contributed by atoms with Crippen LogP contribution in [0.3, 0.4) is 0 Å². The van der Waals surface area contributed by atoms with Crippen molar-refractivity contribution in [2.45, 2.75) is 152 Å². The first-order valence-corrected chi connectivity index (χ1v) is 22.9. The number of rotatable bonds is 16. The molecular weight excluding hydrogens is 785 g/mol. The molecule has 6 amide bonds. The predicted molar refractivity (Wildman–Crippen MR) is 237 cm³/mol. The molecule has 2 aliphatic carbocycles. The number of benzene rings is 2. The van der Waals surface area contributed by atoms with Crippen LogP contribution in [0.15, 0.2) is 48.5 Å². The largest absolute Gasteiger partial charge is 0.347 e. The van der Waals surface area contributed by atoms with Gasteiger partial charge in [-0.2, -0.15) is 0 Å². The second-order valence-corrected chi connectivity index (χ2v) is 17.1. The summed E-state index contributed by atoms with van der Waals surface area (Å²) in [5.74, 6) is 4.16. The highest BCUT2D eigenvalue weighted by molar-refractivity contribution is 5.95. The summed E-state index contributed by atoms with van der Waals surface area (Å²) in [6.45, 7) is 4.47. The van der Waals surface area contributed by atoms with Crippen LogP contribution in [0, 0.1) is 11.8 Å². The number of nitrogens with zero attached hydrogens (tertiary/aromatic N) is 2. The molecular formula is C48H66N8O6. The predicted octanol–water partition coefficient (Wildman–Crippen LogP) is 3.11. The lowest BCUT2D eigenvalue weighted by Gasteiger charge is -2.32. The van der Waals surface area contributed by atoms with Crippen LogP contribution in [0.25, 0.3) is 0 Å². The van der Waals surface area contributed by atoms with Gasteiger partial charge in [-0.15, -0.1) is 11.8 Å². The number of fused-ring (bicyclic) bond motifs is 2. The summed E-state index contributed by atoms with van der Waals surface area (Å²) >= 11 is 0. The van der Waals surface area contributed by atoms with Gasteiger partial charge in [0.2, 0.25) is 35.4 Å². The molecule has 6 rings (SSSR count). The van der Waals surface area contributed by atoms with Crippen LogP contribution >= 0.6 is 0 Å². The summed E-state index contributed by atoms with van der Waals surface area (Å²) in [4.78, 5) is 86.4. The fraction of sp³-hybridized carbons (Fsp3) is 0.583. The molecule has 0 spiro atoms. The Kier molecular flexibility index (Phi) is 16.6. The van der Waals surface area contributed by atoms with E-state index in [1.807, 2.05) is 38.1 Å². The summed E-state index contributed by atoms with van der Waals surface area (Å²) in [5.41, 5.74) is 4.67. The smallest absolute Gasteiger partial charge is 0.246 e. The Labute approximate surface area is 366 Å². The second-order valence-electron chi connectivity index (χ2n) is 17.1. The first kappa shape index (κ1) is 46.2. The number of hydrogen-bond acceptors (Lipinski definition) is 8. The molecule has 0 aromatic heterocycles. The summed E-state index contributed by atoms with van der Waals surface area (Å²) in [6, 6.07) is 11.4. The number of carbonyl (C=O) groups is 6. The van der Waals surface area contributed by atoms with Crippen molar-refractivity contribution in [1.82, 2.24) is 41.7 Å². The van der Waals surface area contributed by atoms with Crippen LogP contribution in [0.2, 0.25) is 0 Å². The fourth-order valence-corrected chi connectivity index (χ4v) is 9.68. The Morgan fingerprint density at radius 2 is 0.984 bits per heavy atom. The minimum atomic E-state index is -1.06. The van der Waals surface area contributed by atoms with Crippen molar-refractivity contribution in [1.29, 1.82) is 0 Å².